The fraction of sp³-hybridized carbons (Fsp3) is 0.706. The minimum Gasteiger partial charge on any atom is -0.504 e. The van der Waals surface area contributed by atoms with Crippen LogP contribution in [0.15, 0.2) is 23.2 Å². The molecule has 1 saturated carbocycles. The van der Waals surface area contributed by atoms with Gasteiger partial charge in [0.2, 0.25) is 0 Å². The van der Waals surface area contributed by atoms with Crippen molar-refractivity contribution < 1.29 is 24.5 Å². The summed E-state index contributed by atoms with van der Waals surface area (Å²) in [7, 11) is 1.69. The summed E-state index contributed by atoms with van der Waals surface area (Å²) >= 11 is 0. The normalized spacial score (nSPS) is 35.3. The molecule has 43 heavy (non-hydrogen) atoms. The number of aliphatic imine (C=N–C) groups is 1. The van der Waals surface area contributed by atoms with Crippen molar-refractivity contribution in [3.8, 4) is 23.3 Å². The van der Waals surface area contributed by atoms with Gasteiger partial charge in [-0.1, -0.05) is 37.2 Å². The molecule has 0 aromatic heterocycles. The Bertz CT molecular complexity index is 1210. The minimum atomic E-state index is -0.631. The fourth-order valence-corrected chi connectivity index (χ4v) is 7.81. The molecule has 1 spiro atoms. The van der Waals surface area contributed by atoms with E-state index in [1.807, 2.05) is 12.1 Å². The number of fused-ring (bicyclic) bond motifs is 5. The van der Waals surface area contributed by atoms with Crippen molar-refractivity contribution in [2.45, 2.75) is 121 Å². The second-order valence-corrected chi connectivity index (χ2v) is 13.2. The van der Waals surface area contributed by atoms with Gasteiger partial charge in [-0.25, -0.2) is 0 Å². The van der Waals surface area contributed by atoms with Gasteiger partial charge >= 0.3 is 5.97 Å². The third kappa shape index (κ3) is 7.96. The molecule has 2 aliphatic heterocycles. The maximum atomic E-state index is 12.4. The number of ether oxygens (including phenoxy) is 2. The Morgan fingerprint density at radius 1 is 1.16 bits per heavy atom. The molecule has 9 nitrogen and oxygen atoms in total. The van der Waals surface area contributed by atoms with Gasteiger partial charge in [0.25, 0.3) is 0 Å². The summed E-state index contributed by atoms with van der Waals surface area (Å²) in [4.78, 5) is 16.6. The van der Waals surface area contributed by atoms with Crippen molar-refractivity contribution in [1.29, 1.82) is 0 Å². The van der Waals surface area contributed by atoms with Crippen LogP contribution in [0.4, 0.5) is 0 Å². The zero-order valence-corrected chi connectivity index (χ0v) is 25.8. The van der Waals surface area contributed by atoms with Crippen LogP contribution in [0, 0.1) is 29.1 Å². The summed E-state index contributed by atoms with van der Waals surface area (Å²) in [5.41, 5.74) is 6.84. The molecule has 2 fully saturated rings. The highest BCUT2D eigenvalue weighted by atomic mass is 16.5. The highest BCUT2D eigenvalue weighted by molar-refractivity contribution is 5.78. The van der Waals surface area contributed by atoms with Crippen molar-refractivity contribution in [2.24, 2.45) is 28.0 Å². The van der Waals surface area contributed by atoms with Crippen molar-refractivity contribution in [3.05, 3.63) is 23.8 Å². The molecule has 0 radical (unpaired) electrons. The number of aliphatic hydroxyl groups excluding tert-OH is 1. The van der Waals surface area contributed by atoms with Gasteiger partial charge in [0.1, 0.15) is 12.2 Å². The number of nitrogens with two attached hydrogens (primary N) is 1. The molecular weight excluding hydrogens is 544 g/mol. The summed E-state index contributed by atoms with van der Waals surface area (Å²) in [5, 5.41) is 29.2. The van der Waals surface area contributed by atoms with Crippen molar-refractivity contribution in [1.82, 2.24) is 10.6 Å². The topological polar surface area (TPSA) is 138 Å². The number of nitrogens with zero attached hydrogens (tertiary/aromatic N) is 1. The summed E-state index contributed by atoms with van der Waals surface area (Å²) in [6.07, 6.45) is 9.91. The largest absolute Gasteiger partial charge is 0.504 e. The average molecular weight is 595 g/mol. The average Bonchev–Trinajstić information content (AvgIpc) is 2.99. The molecule has 1 aromatic rings. The number of nitrogens with one attached hydrogen (secondary N) is 2. The molecule has 0 unspecified atom stereocenters. The number of rotatable bonds is 2. The molecule has 4 aliphatic rings. The lowest BCUT2D eigenvalue weighted by Gasteiger charge is -2.43. The number of phenols is 1. The van der Waals surface area contributed by atoms with E-state index >= 15 is 0 Å². The number of piperidine rings is 1. The van der Waals surface area contributed by atoms with Gasteiger partial charge < -0.3 is 36.1 Å². The number of aromatic hydroxyl groups is 1. The van der Waals surface area contributed by atoms with E-state index in [4.69, 9.17) is 15.2 Å². The fourth-order valence-electron chi connectivity index (χ4n) is 7.81. The van der Waals surface area contributed by atoms with Gasteiger partial charge in [0, 0.05) is 44.3 Å². The van der Waals surface area contributed by atoms with Crippen LogP contribution in [0.25, 0.3) is 0 Å². The second-order valence-electron chi connectivity index (χ2n) is 13.2. The smallest absolute Gasteiger partial charge is 0.302 e. The molecule has 1 aromatic carbocycles. The standard InChI is InChI=1S/C34H50N4O5/c1-22(39)42-30-21-26(40)12-16-34(14-4-3-8-32(34)38-33(35)36-2)15-11-24-6-5-7-25-20-27(13-17-37-25)43-31-19-23(18-28(24)30)9-10-29(31)41/h9-10,19,24-28,30,32,37,40-41H,3-8,12-14,16-18,20-21H2,1-2H3,(H3,35,36,38)/t24-,25-,26+,27-,28+,30+,32+,34-/m1/s1. The first-order chi connectivity index (χ1) is 20.7. The lowest BCUT2D eigenvalue weighted by atomic mass is 9.66. The van der Waals surface area contributed by atoms with Gasteiger partial charge in [-0.05, 0) is 82.0 Å². The van der Waals surface area contributed by atoms with E-state index in [0.29, 0.717) is 37.0 Å². The van der Waals surface area contributed by atoms with Crippen LogP contribution in [0.3, 0.4) is 0 Å². The third-order valence-corrected chi connectivity index (χ3v) is 10.1. The summed E-state index contributed by atoms with van der Waals surface area (Å²) in [6.45, 7) is 2.33. The zero-order valence-electron chi connectivity index (χ0n) is 25.8. The SMILES string of the molecule is CN=C(N)N[C@H]1CCCC[C@]12C#C[C@H]1CCC[C@@H]3C[C@@H](CCN3)Oc3cc(ccc3O)C[C@@H]1[C@@H](OC(C)=O)C[C@@H](O)CC2. The van der Waals surface area contributed by atoms with E-state index in [9.17, 15) is 15.0 Å². The van der Waals surface area contributed by atoms with Crippen LogP contribution in [0.5, 0.6) is 11.5 Å². The summed E-state index contributed by atoms with van der Waals surface area (Å²) in [6, 6.07) is 5.95. The second kappa shape index (κ2) is 14.2. The molecule has 9 heteroatoms. The number of esters is 1. The molecule has 2 heterocycles. The molecule has 4 bridgehead atoms. The molecule has 1 saturated heterocycles. The van der Waals surface area contributed by atoms with E-state index in [-0.39, 0.29) is 41.1 Å². The van der Waals surface area contributed by atoms with E-state index in [2.05, 4.69) is 27.5 Å². The van der Waals surface area contributed by atoms with Gasteiger partial charge in [-0.3, -0.25) is 9.79 Å². The zero-order chi connectivity index (χ0) is 30.4. The monoisotopic (exact) mass is 594 g/mol. The highest BCUT2D eigenvalue weighted by Gasteiger charge is 2.42. The number of phenolic OH excluding ortho intramolecular Hbond substituents is 1. The first kappa shape index (κ1) is 31.5. The number of aliphatic hydroxyl groups is 1. The van der Waals surface area contributed by atoms with E-state index < -0.39 is 12.2 Å². The Morgan fingerprint density at radius 3 is 2.84 bits per heavy atom. The molecule has 8 atom stereocenters. The first-order valence-corrected chi connectivity index (χ1v) is 16.3. The Morgan fingerprint density at radius 2 is 2.02 bits per heavy atom. The predicted molar refractivity (Wildman–Crippen MR) is 167 cm³/mol. The van der Waals surface area contributed by atoms with Crippen molar-refractivity contribution >= 4 is 11.9 Å². The lowest BCUT2D eigenvalue weighted by Crippen LogP contribution is -2.52. The Hall–Kier alpha value is -2.96. The molecule has 0 amide bonds. The van der Waals surface area contributed by atoms with Crippen LogP contribution in [-0.4, -0.2) is 66.1 Å². The number of guanidine groups is 1. The van der Waals surface area contributed by atoms with Gasteiger partial charge in [-0.15, -0.1) is 0 Å². The minimum absolute atomic E-state index is 0.0484. The number of hydrogen-bond donors (Lipinski definition) is 5. The Labute approximate surface area is 256 Å². The van der Waals surface area contributed by atoms with Crippen LogP contribution in [0.1, 0.15) is 89.5 Å². The van der Waals surface area contributed by atoms with Crippen LogP contribution < -0.4 is 21.1 Å². The van der Waals surface area contributed by atoms with Crippen molar-refractivity contribution in [2.75, 3.05) is 13.6 Å². The molecule has 2 aliphatic carbocycles. The third-order valence-electron chi connectivity index (χ3n) is 10.1. The van der Waals surface area contributed by atoms with Gasteiger partial charge in [0.15, 0.2) is 17.5 Å². The van der Waals surface area contributed by atoms with Crippen LogP contribution in [-0.2, 0) is 16.0 Å². The molecule has 236 valence electrons. The predicted octanol–water partition coefficient (Wildman–Crippen LogP) is 3.79. The maximum absolute atomic E-state index is 12.4. The Balaban J connectivity index is 1.58. The quantitative estimate of drug-likeness (QED) is 0.151. The number of carbonyl (C=O) groups is 1. The number of hydrogen-bond acceptors (Lipinski definition) is 7. The molecule has 5 rings (SSSR count). The summed E-state index contributed by atoms with van der Waals surface area (Å²) < 4.78 is 12.4. The van der Waals surface area contributed by atoms with E-state index in [1.165, 1.54) is 6.92 Å². The Kier molecular flexibility index (Phi) is 10.4. The lowest BCUT2D eigenvalue weighted by molar-refractivity contribution is -0.152. The molecule has 6 N–H and O–H groups in total. The van der Waals surface area contributed by atoms with E-state index in [0.717, 1.165) is 76.3 Å². The first-order valence-electron chi connectivity index (χ1n) is 16.3. The number of benzene rings is 1. The van der Waals surface area contributed by atoms with Crippen molar-refractivity contribution in [3.63, 3.8) is 0 Å². The van der Waals surface area contributed by atoms with Gasteiger partial charge in [0.05, 0.1) is 11.5 Å². The van der Waals surface area contributed by atoms with E-state index in [1.54, 1.807) is 13.1 Å². The highest BCUT2D eigenvalue weighted by Crippen LogP contribution is 2.43. The molecular formula is C34H50N4O5. The summed E-state index contributed by atoms with van der Waals surface area (Å²) in [5.74, 6) is 8.12. The van der Waals surface area contributed by atoms with Crippen LogP contribution >= 0.6 is 0 Å². The number of carbonyl (C=O) groups excluding carboxylic acids is 1. The maximum Gasteiger partial charge on any atom is 0.302 e. The van der Waals surface area contributed by atoms with Crippen LogP contribution in [0.2, 0.25) is 0 Å². The van der Waals surface area contributed by atoms with Gasteiger partial charge in [-0.2, -0.15) is 0 Å².